The lowest BCUT2D eigenvalue weighted by Crippen LogP contribution is -2.03. The Morgan fingerprint density at radius 3 is 2.76 bits per heavy atom. The van der Waals surface area contributed by atoms with Crippen molar-refractivity contribution in [3.05, 3.63) is 54.1 Å². The van der Waals surface area contributed by atoms with Gasteiger partial charge in [0.05, 0.1) is 18.9 Å². The molecule has 1 aromatic heterocycles. The van der Waals surface area contributed by atoms with Gasteiger partial charge in [0.25, 0.3) is 0 Å². The largest absolute Gasteiger partial charge is 0.496 e. The average molecular weight is 225 g/mol. The Morgan fingerprint density at radius 2 is 2.12 bits per heavy atom. The second-order valence-corrected chi connectivity index (χ2v) is 3.44. The zero-order chi connectivity index (χ0) is 12.1. The summed E-state index contributed by atoms with van der Waals surface area (Å²) in [6.45, 7) is 0. The molecule has 0 bridgehead atoms. The van der Waals surface area contributed by atoms with Gasteiger partial charge in [-0.1, -0.05) is 18.2 Å². The van der Waals surface area contributed by atoms with E-state index in [-0.39, 0.29) is 0 Å². The summed E-state index contributed by atoms with van der Waals surface area (Å²) in [7, 11) is 1.59. The molecule has 2 rings (SSSR count). The van der Waals surface area contributed by atoms with E-state index in [2.05, 4.69) is 16.0 Å². The minimum Gasteiger partial charge on any atom is -0.496 e. The molecule has 17 heavy (non-hydrogen) atoms. The molecular formula is C13H11N3O. The van der Waals surface area contributed by atoms with Crippen LogP contribution in [0.4, 0.5) is 0 Å². The van der Waals surface area contributed by atoms with E-state index in [0.717, 1.165) is 5.56 Å². The number of ether oxygens (including phenoxy) is 1. The highest BCUT2D eigenvalue weighted by molar-refractivity contribution is 5.43. The van der Waals surface area contributed by atoms with Crippen LogP contribution in [0.2, 0.25) is 0 Å². The summed E-state index contributed by atoms with van der Waals surface area (Å²) in [5, 5.41) is 9.29. The molecule has 0 aliphatic carbocycles. The van der Waals surface area contributed by atoms with Gasteiger partial charge >= 0.3 is 0 Å². The van der Waals surface area contributed by atoms with Crippen LogP contribution in [0.1, 0.15) is 17.2 Å². The number of hydrogen-bond acceptors (Lipinski definition) is 4. The molecule has 1 heterocycles. The van der Waals surface area contributed by atoms with Crippen LogP contribution in [0, 0.1) is 11.3 Å². The Morgan fingerprint density at radius 1 is 1.29 bits per heavy atom. The molecule has 0 aliphatic heterocycles. The molecule has 1 aromatic carbocycles. The highest BCUT2D eigenvalue weighted by Gasteiger charge is 2.18. The minimum absolute atomic E-state index is 0.436. The number of nitrogens with zero attached hydrogens (tertiary/aromatic N) is 3. The molecule has 0 amide bonds. The number of nitriles is 1. The fourth-order valence-electron chi connectivity index (χ4n) is 1.67. The third-order valence-corrected chi connectivity index (χ3v) is 2.48. The highest BCUT2D eigenvalue weighted by atomic mass is 16.5. The third kappa shape index (κ3) is 2.23. The topological polar surface area (TPSA) is 58.8 Å². The predicted molar refractivity (Wildman–Crippen MR) is 62.5 cm³/mol. The molecule has 4 nitrogen and oxygen atoms in total. The van der Waals surface area contributed by atoms with Gasteiger partial charge in [-0.15, -0.1) is 0 Å². The van der Waals surface area contributed by atoms with Crippen molar-refractivity contribution < 1.29 is 4.74 Å². The van der Waals surface area contributed by atoms with Crippen LogP contribution in [0.15, 0.2) is 42.9 Å². The van der Waals surface area contributed by atoms with Gasteiger partial charge in [0, 0.05) is 11.8 Å². The molecule has 0 saturated heterocycles. The van der Waals surface area contributed by atoms with Crippen molar-refractivity contribution in [2.75, 3.05) is 7.11 Å². The van der Waals surface area contributed by atoms with Crippen LogP contribution < -0.4 is 4.74 Å². The fraction of sp³-hybridized carbons (Fsp3) is 0.154. The zero-order valence-corrected chi connectivity index (χ0v) is 9.37. The molecule has 0 spiro atoms. The van der Waals surface area contributed by atoms with Crippen LogP contribution >= 0.6 is 0 Å². The van der Waals surface area contributed by atoms with Crippen molar-refractivity contribution in [1.29, 1.82) is 5.26 Å². The molecule has 0 saturated carbocycles. The van der Waals surface area contributed by atoms with E-state index in [0.29, 0.717) is 11.4 Å². The smallest absolute Gasteiger partial charge is 0.123 e. The fourth-order valence-corrected chi connectivity index (χ4v) is 1.67. The van der Waals surface area contributed by atoms with Crippen LogP contribution in [-0.2, 0) is 0 Å². The summed E-state index contributed by atoms with van der Waals surface area (Å²) in [6.07, 6.45) is 3.07. The van der Waals surface area contributed by atoms with Crippen LogP contribution in [0.5, 0.6) is 5.75 Å². The monoisotopic (exact) mass is 225 g/mol. The second-order valence-electron chi connectivity index (χ2n) is 3.44. The minimum atomic E-state index is -0.436. The molecule has 2 aromatic rings. The molecule has 84 valence electrons. The van der Waals surface area contributed by atoms with Gasteiger partial charge in [-0.25, -0.2) is 9.97 Å². The second kappa shape index (κ2) is 5.08. The van der Waals surface area contributed by atoms with E-state index >= 15 is 0 Å². The quantitative estimate of drug-likeness (QED) is 0.803. The first-order valence-electron chi connectivity index (χ1n) is 5.15. The molecule has 1 unspecified atom stereocenters. The van der Waals surface area contributed by atoms with Gasteiger partial charge in [0.1, 0.15) is 18.0 Å². The predicted octanol–water partition coefficient (Wildman–Crippen LogP) is 2.14. The van der Waals surface area contributed by atoms with Gasteiger partial charge in [-0.3, -0.25) is 0 Å². The summed E-state index contributed by atoms with van der Waals surface area (Å²) >= 11 is 0. The van der Waals surface area contributed by atoms with E-state index in [9.17, 15) is 5.26 Å². The lowest BCUT2D eigenvalue weighted by atomic mass is 9.96. The molecule has 1 atom stereocenters. The molecule has 0 fully saturated rings. The Balaban J connectivity index is 2.47. The molecule has 0 N–H and O–H groups in total. The van der Waals surface area contributed by atoms with Gasteiger partial charge in [0.15, 0.2) is 0 Å². The lowest BCUT2D eigenvalue weighted by Gasteiger charge is -2.12. The first kappa shape index (κ1) is 11.1. The van der Waals surface area contributed by atoms with Gasteiger partial charge in [-0.05, 0) is 12.1 Å². The highest BCUT2D eigenvalue weighted by Crippen LogP contribution is 2.29. The maximum Gasteiger partial charge on any atom is 0.123 e. The molecule has 0 aliphatic rings. The van der Waals surface area contributed by atoms with Gasteiger partial charge < -0.3 is 4.74 Å². The number of rotatable bonds is 3. The summed E-state index contributed by atoms with van der Waals surface area (Å²) in [4.78, 5) is 7.96. The van der Waals surface area contributed by atoms with E-state index < -0.39 is 5.92 Å². The average Bonchev–Trinajstić information content (AvgIpc) is 2.41. The van der Waals surface area contributed by atoms with E-state index in [1.54, 1.807) is 19.4 Å². The Bertz CT molecular complexity index is 534. The van der Waals surface area contributed by atoms with Crippen LogP contribution in [0.25, 0.3) is 0 Å². The maximum atomic E-state index is 9.29. The summed E-state index contributed by atoms with van der Waals surface area (Å²) in [5.74, 6) is 0.256. The Hall–Kier alpha value is -2.41. The van der Waals surface area contributed by atoms with Gasteiger partial charge in [-0.2, -0.15) is 5.26 Å². The number of para-hydroxylation sites is 1. The van der Waals surface area contributed by atoms with Crippen LogP contribution in [-0.4, -0.2) is 17.1 Å². The molecule has 4 heteroatoms. The summed E-state index contributed by atoms with van der Waals surface area (Å²) < 4.78 is 5.26. The normalized spacial score (nSPS) is 11.5. The van der Waals surface area contributed by atoms with E-state index in [1.165, 1.54) is 6.33 Å². The summed E-state index contributed by atoms with van der Waals surface area (Å²) in [6, 6.07) is 11.4. The maximum absolute atomic E-state index is 9.29. The molecule has 0 radical (unpaired) electrons. The SMILES string of the molecule is COc1ccccc1C(C#N)c1ccncn1. The van der Waals surface area contributed by atoms with Crippen molar-refractivity contribution >= 4 is 0 Å². The number of methoxy groups -OCH3 is 1. The van der Waals surface area contributed by atoms with Crippen molar-refractivity contribution in [2.45, 2.75) is 5.92 Å². The first-order valence-corrected chi connectivity index (χ1v) is 5.15. The van der Waals surface area contributed by atoms with Crippen LogP contribution in [0.3, 0.4) is 0 Å². The Kier molecular flexibility index (Phi) is 3.31. The lowest BCUT2D eigenvalue weighted by molar-refractivity contribution is 0.409. The summed E-state index contributed by atoms with van der Waals surface area (Å²) in [5.41, 5.74) is 1.49. The van der Waals surface area contributed by atoms with Crippen molar-refractivity contribution in [3.8, 4) is 11.8 Å². The molecular weight excluding hydrogens is 214 g/mol. The number of aromatic nitrogens is 2. The third-order valence-electron chi connectivity index (χ3n) is 2.48. The number of benzene rings is 1. The zero-order valence-electron chi connectivity index (χ0n) is 9.37. The van der Waals surface area contributed by atoms with Crippen molar-refractivity contribution in [2.24, 2.45) is 0 Å². The van der Waals surface area contributed by atoms with Crippen molar-refractivity contribution in [3.63, 3.8) is 0 Å². The Labute approximate surface area is 99.5 Å². The first-order chi connectivity index (χ1) is 8.36. The van der Waals surface area contributed by atoms with E-state index in [4.69, 9.17) is 4.74 Å². The number of hydrogen-bond donors (Lipinski definition) is 0. The standard InChI is InChI=1S/C13H11N3O/c1-17-13-5-3-2-4-10(13)11(8-14)12-6-7-15-9-16-12/h2-7,9,11H,1H3. The van der Waals surface area contributed by atoms with Gasteiger partial charge in [0.2, 0.25) is 0 Å². The van der Waals surface area contributed by atoms with E-state index in [1.807, 2.05) is 24.3 Å². The van der Waals surface area contributed by atoms with Crippen molar-refractivity contribution in [1.82, 2.24) is 9.97 Å².